The highest BCUT2D eigenvalue weighted by Gasteiger charge is 2.15. The summed E-state index contributed by atoms with van der Waals surface area (Å²) in [6.45, 7) is 4.35. The predicted octanol–water partition coefficient (Wildman–Crippen LogP) is 5.10. The van der Waals surface area contributed by atoms with Gasteiger partial charge in [-0.25, -0.2) is 0 Å². The number of halogens is 2. The highest BCUT2D eigenvalue weighted by atomic mass is 79.9. The van der Waals surface area contributed by atoms with Crippen LogP contribution in [0, 0.1) is 16.0 Å². The molecule has 0 aliphatic heterocycles. The highest BCUT2D eigenvalue weighted by molar-refractivity contribution is 9.10. The molecule has 0 bridgehead atoms. The number of rotatable bonds is 6. The van der Waals surface area contributed by atoms with E-state index >= 15 is 0 Å². The smallest absolute Gasteiger partial charge is 0.258 e. The molecule has 0 saturated carbocycles. The van der Waals surface area contributed by atoms with Crippen LogP contribution in [0.5, 0.6) is 0 Å². The van der Waals surface area contributed by atoms with Crippen LogP contribution in [0.2, 0.25) is 0 Å². The van der Waals surface area contributed by atoms with Gasteiger partial charge >= 0.3 is 0 Å². The second kappa shape index (κ2) is 7.24. The summed E-state index contributed by atoms with van der Waals surface area (Å²) in [5, 5.41) is 11.0. The number of hydrogen-bond acceptors (Lipinski definition) is 2. The van der Waals surface area contributed by atoms with Crippen LogP contribution in [0.3, 0.4) is 0 Å². The summed E-state index contributed by atoms with van der Waals surface area (Å²) in [7, 11) is 0. The lowest BCUT2D eigenvalue weighted by Gasteiger charge is -2.12. The topological polar surface area (TPSA) is 43.1 Å². The zero-order valence-corrected chi connectivity index (χ0v) is 13.7. The molecule has 0 aliphatic carbocycles. The van der Waals surface area contributed by atoms with Gasteiger partial charge in [-0.15, -0.1) is 0 Å². The van der Waals surface area contributed by atoms with Crippen LogP contribution in [0.4, 0.5) is 5.69 Å². The first kappa shape index (κ1) is 15.6. The van der Waals surface area contributed by atoms with Crippen LogP contribution in [-0.4, -0.2) is 9.75 Å². The Morgan fingerprint density at radius 3 is 2.61 bits per heavy atom. The van der Waals surface area contributed by atoms with Gasteiger partial charge in [0.1, 0.15) is 0 Å². The summed E-state index contributed by atoms with van der Waals surface area (Å²) in [6.07, 6.45) is 2.73. The van der Waals surface area contributed by atoms with Crippen molar-refractivity contribution in [2.45, 2.75) is 37.9 Å². The third-order valence-electron chi connectivity index (χ3n) is 2.70. The van der Waals surface area contributed by atoms with E-state index in [1.54, 1.807) is 6.07 Å². The van der Waals surface area contributed by atoms with E-state index in [2.05, 4.69) is 45.7 Å². The van der Waals surface area contributed by atoms with Gasteiger partial charge in [0, 0.05) is 20.9 Å². The third kappa shape index (κ3) is 5.06. The Bertz CT molecular complexity index is 421. The molecule has 0 radical (unpaired) electrons. The van der Waals surface area contributed by atoms with Crippen LogP contribution in [0.1, 0.15) is 32.3 Å². The zero-order chi connectivity index (χ0) is 13.7. The maximum atomic E-state index is 11.0. The van der Waals surface area contributed by atoms with Crippen molar-refractivity contribution >= 4 is 37.5 Å². The van der Waals surface area contributed by atoms with Crippen LogP contribution in [0.15, 0.2) is 22.7 Å². The molecule has 100 valence electrons. The van der Waals surface area contributed by atoms with Gasteiger partial charge < -0.3 is 0 Å². The lowest BCUT2D eigenvalue weighted by Crippen LogP contribution is -2.05. The molecule has 0 saturated heterocycles. The Labute approximate surface area is 124 Å². The number of nitrogens with zero attached hydrogens (tertiary/aromatic N) is 1. The molecule has 1 rings (SSSR count). The molecule has 18 heavy (non-hydrogen) atoms. The highest BCUT2D eigenvalue weighted by Crippen LogP contribution is 2.26. The van der Waals surface area contributed by atoms with Crippen LogP contribution < -0.4 is 0 Å². The lowest BCUT2D eigenvalue weighted by atomic mass is 10.0. The number of aryl methyl sites for hydroxylation is 1. The summed E-state index contributed by atoms with van der Waals surface area (Å²) in [6, 6.07) is 5.26. The summed E-state index contributed by atoms with van der Waals surface area (Å²) >= 11 is 6.90. The molecule has 1 atom stereocenters. The van der Waals surface area contributed by atoms with Crippen molar-refractivity contribution in [2.24, 2.45) is 5.92 Å². The van der Waals surface area contributed by atoms with Crippen molar-refractivity contribution in [2.75, 3.05) is 0 Å². The Hall–Kier alpha value is -0.420. The number of benzene rings is 1. The van der Waals surface area contributed by atoms with E-state index in [1.807, 2.05) is 12.1 Å². The van der Waals surface area contributed by atoms with Crippen molar-refractivity contribution in [3.05, 3.63) is 38.3 Å². The van der Waals surface area contributed by atoms with Gasteiger partial charge in [0.2, 0.25) is 0 Å². The van der Waals surface area contributed by atoms with Crippen molar-refractivity contribution in [3.63, 3.8) is 0 Å². The standard InChI is InChI=1S/C13H17Br2NO2/c1-9(2)7-11(14)5-3-10-4-6-12(15)8-13(10)16(17)18/h4,6,8-9,11H,3,5,7H2,1-2H3. The molecule has 1 aromatic rings. The van der Waals surface area contributed by atoms with E-state index in [1.165, 1.54) is 0 Å². The summed E-state index contributed by atoms with van der Waals surface area (Å²) < 4.78 is 0.746. The number of hydrogen-bond donors (Lipinski definition) is 0. The summed E-state index contributed by atoms with van der Waals surface area (Å²) in [4.78, 5) is 11.1. The van der Waals surface area contributed by atoms with E-state index in [0.29, 0.717) is 10.7 Å². The second-order valence-corrected chi connectivity index (χ2v) is 7.01. The Kier molecular flexibility index (Phi) is 6.29. The normalized spacial score (nSPS) is 12.7. The quantitative estimate of drug-likeness (QED) is 0.392. The van der Waals surface area contributed by atoms with E-state index in [4.69, 9.17) is 0 Å². The molecule has 0 aromatic heterocycles. The van der Waals surface area contributed by atoms with Crippen LogP contribution in [0.25, 0.3) is 0 Å². The average molecular weight is 379 g/mol. The van der Waals surface area contributed by atoms with Gasteiger partial charge in [-0.05, 0) is 31.2 Å². The van der Waals surface area contributed by atoms with Gasteiger partial charge in [0.15, 0.2) is 0 Å². The average Bonchev–Trinajstić information content (AvgIpc) is 2.26. The fraction of sp³-hybridized carbons (Fsp3) is 0.538. The van der Waals surface area contributed by atoms with Gasteiger partial charge in [0.25, 0.3) is 5.69 Å². The Morgan fingerprint density at radius 1 is 1.39 bits per heavy atom. The van der Waals surface area contributed by atoms with E-state index < -0.39 is 0 Å². The zero-order valence-electron chi connectivity index (χ0n) is 10.5. The maximum absolute atomic E-state index is 11.0. The molecule has 0 spiro atoms. The van der Waals surface area contributed by atoms with Gasteiger partial charge in [-0.1, -0.05) is 51.8 Å². The molecule has 0 amide bonds. The lowest BCUT2D eigenvalue weighted by molar-refractivity contribution is -0.385. The minimum absolute atomic E-state index is 0.202. The van der Waals surface area contributed by atoms with Gasteiger partial charge in [0.05, 0.1) is 4.92 Å². The molecule has 3 nitrogen and oxygen atoms in total. The van der Waals surface area contributed by atoms with Gasteiger partial charge in [-0.3, -0.25) is 10.1 Å². The second-order valence-electron chi connectivity index (χ2n) is 4.80. The largest absolute Gasteiger partial charge is 0.273 e. The fourth-order valence-corrected chi connectivity index (χ4v) is 3.19. The van der Waals surface area contributed by atoms with Crippen LogP contribution in [-0.2, 0) is 6.42 Å². The van der Waals surface area contributed by atoms with E-state index in [9.17, 15) is 10.1 Å². The maximum Gasteiger partial charge on any atom is 0.273 e. The number of alkyl halides is 1. The minimum Gasteiger partial charge on any atom is -0.258 e. The first-order valence-electron chi connectivity index (χ1n) is 5.97. The first-order chi connectivity index (χ1) is 8.40. The predicted molar refractivity (Wildman–Crippen MR) is 81.3 cm³/mol. The van der Waals surface area contributed by atoms with Crippen molar-refractivity contribution < 1.29 is 4.92 Å². The molecule has 1 unspecified atom stereocenters. The molecule has 1 aromatic carbocycles. The minimum atomic E-state index is -0.314. The molecule has 0 fully saturated rings. The van der Waals surface area contributed by atoms with E-state index in [-0.39, 0.29) is 10.6 Å². The SMILES string of the molecule is CC(C)CC(Br)CCc1ccc(Br)cc1[N+](=O)[O-]. The summed E-state index contributed by atoms with van der Waals surface area (Å²) in [5.74, 6) is 0.634. The fourth-order valence-electron chi connectivity index (χ4n) is 1.86. The van der Waals surface area contributed by atoms with Crippen molar-refractivity contribution in [1.29, 1.82) is 0 Å². The number of nitro groups is 1. The molecule has 0 aliphatic rings. The molecule has 0 heterocycles. The molecular weight excluding hydrogens is 362 g/mol. The first-order valence-corrected chi connectivity index (χ1v) is 7.68. The van der Waals surface area contributed by atoms with E-state index in [0.717, 1.165) is 29.3 Å². The summed E-state index contributed by atoms with van der Waals surface area (Å²) in [5.41, 5.74) is 1.00. The number of nitro benzene ring substituents is 1. The van der Waals surface area contributed by atoms with Crippen LogP contribution >= 0.6 is 31.9 Å². The molecule has 5 heteroatoms. The molecular formula is C13H17Br2NO2. The Morgan fingerprint density at radius 2 is 2.06 bits per heavy atom. The Balaban J connectivity index is 2.70. The van der Waals surface area contributed by atoms with Crippen molar-refractivity contribution in [1.82, 2.24) is 0 Å². The monoisotopic (exact) mass is 377 g/mol. The molecule has 0 N–H and O–H groups in total. The van der Waals surface area contributed by atoms with Crippen molar-refractivity contribution in [3.8, 4) is 0 Å². The van der Waals surface area contributed by atoms with Gasteiger partial charge in [-0.2, -0.15) is 0 Å². The third-order valence-corrected chi connectivity index (χ3v) is 4.02.